The molecule has 0 aliphatic heterocycles. The zero-order chi connectivity index (χ0) is 19.4. The number of nitro benzene ring substituents is 1. The van der Waals surface area contributed by atoms with Gasteiger partial charge in [0.1, 0.15) is 11.6 Å². The molecule has 0 atom stereocenters. The number of H-pyrrole nitrogens is 1. The molecule has 3 aromatic rings. The highest BCUT2D eigenvalue weighted by atomic mass is 35.5. The maximum Gasteiger partial charge on any atom is 0.271 e. The van der Waals surface area contributed by atoms with Crippen molar-refractivity contribution >= 4 is 45.6 Å². The van der Waals surface area contributed by atoms with Gasteiger partial charge in [0.05, 0.1) is 33.0 Å². The van der Waals surface area contributed by atoms with E-state index in [9.17, 15) is 20.2 Å². The highest BCUT2D eigenvalue weighted by Crippen LogP contribution is 2.27. The lowest BCUT2D eigenvalue weighted by Crippen LogP contribution is -2.15. The number of non-ortho nitro benzene ring substituents is 1. The number of carbonyl (C=O) groups excluding carboxylic acids is 1. The van der Waals surface area contributed by atoms with Crippen LogP contribution in [0, 0.1) is 21.4 Å². The molecular weight excluding hydrogens is 372 g/mol. The molecule has 0 bridgehead atoms. The molecule has 3 N–H and O–H groups in total. The molecule has 0 saturated heterocycles. The number of aromatic amines is 1. The van der Waals surface area contributed by atoms with E-state index in [1.165, 1.54) is 18.3 Å². The number of benzene rings is 2. The molecule has 2 aromatic carbocycles. The number of fused-ring (bicyclic) bond motifs is 1. The number of anilines is 2. The lowest BCUT2D eigenvalue weighted by atomic mass is 10.2. The second-order valence-corrected chi connectivity index (χ2v) is 5.73. The Morgan fingerprint density at radius 1 is 1.33 bits per heavy atom. The van der Waals surface area contributed by atoms with Crippen molar-refractivity contribution in [2.75, 3.05) is 10.6 Å². The second-order valence-electron chi connectivity index (χ2n) is 5.32. The highest BCUT2D eigenvalue weighted by molar-refractivity contribution is 6.34. The van der Waals surface area contributed by atoms with Crippen LogP contribution in [0.4, 0.5) is 17.1 Å². The molecule has 9 nitrogen and oxygen atoms in total. The number of hydrogen-bond acceptors (Lipinski definition) is 6. The first kappa shape index (κ1) is 17.9. The van der Waals surface area contributed by atoms with Gasteiger partial charge in [-0.05, 0) is 24.3 Å². The normalized spacial score (nSPS) is 11.0. The lowest BCUT2D eigenvalue weighted by molar-refractivity contribution is -0.384. The van der Waals surface area contributed by atoms with E-state index in [-0.39, 0.29) is 22.0 Å². The molecular formula is C17H11ClN6O3. The van der Waals surface area contributed by atoms with Crippen LogP contribution in [-0.2, 0) is 4.79 Å². The first-order valence-corrected chi connectivity index (χ1v) is 7.91. The van der Waals surface area contributed by atoms with Crippen LogP contribution in [0.3, 0.4) is 0 Å². The van der Waals surface area contributed by atoms with Gasteiger partial charge in [-0.15, -0.1) is 0 Å². The van der Waals surface area contributed by atoms with Crippen molar-refractivity contribution in [3.63, 3.8) is 0 Å². The van der Waals surface area contributed by atoms with Gasteiger partial charge < -0.3 is 15.6 Å². The average Bonchev–Trinajstić information content (AvgIpc) is 3.11. The summed E-state index contributed by atoms with van der Waals surface area (Å²) in [5.41, 5.74) is 1.78. The zero-order valence-electron chi connectivity index (χ0n) is 13.6. The van der Waals surface area contributed by atoms with Crippen molar-refractivity contribution in [3.8, 4) is 6.07 Å². The first-order chi connectivity index (χ1) is 13.0. The number of carbonyl (C=O) groups is 1. The molecule has 0 spiro atoms. The van der Waals surface area contributed by atoms with Crippen LogP contribution in [0.2, 0.25) is 5.02 Å². The van der Waals surface area contributed by atoms with Crippen LogP contribution in [0.5, 0.6) is 0 Å². The minimum atomic E-state index is -0.755. The van der Waals surface area contributed by atoms with Crippen molar-refractivity contribution in [2.24, 2.45) is 0 Å². The average molecular weight is 383 g/mol. The van der Waals surface area contributed by atoms with E-state index in [4.69, 9.17) is 11.6 Å². The van der Waals surface area contributed by atoms with Crippen molar-refractivity contribution < 1.29 is 9.72 Å². The minimum Gasteiger partial charge on any atom is -0.360 e. The van der Waals surface area contributed by atoms with E-state index in [0.29, 0.717) is 5.69 Å². The summed E-state index contributed by atoms with van der Waals surface area (Å²) < 4.78 is 0. The molecule has 0 aliphatic carbocycles. The second kappa shape index (κ2) is 7.55. The smallest absolute Gasteiger partial charge is 0.271 e. The van der Waals surface area contributed by atoms with Gasteiger partial charge in [0.15, 0.2) is 0 Å². The monoisotopic (exact) mass is 382 g/mol. The van der Waals surface area contributed by atoms with Gasteiger partial charge in [0, 0.05) is 24.0 Å². The van der Waals surface area contributed by atoms with Gasteiger partial charge in [-0.1, -0.05) is 11.6 Å². The van der Waals surface area contributed by atoms with Gasteiger partial charge >= 0.3 is 0 Å². The molecule has 3 rings (SSSR count). The topological polar surface area (TPSA) is 137 Å². The van der Waals surface area contributed by atoms with E-state index >= 15 is 0 Å². The van der Waals surface area contributed by atoms with Gasteiger partial charge in [0.2, 0.25) is 0 Å². The van der Waals surface area contributed by atoms with E-state index in [1.54, 1.807) is 30.6 Å². The molecule has 134 valence electrons. The van der Waals surface area contributed by atoms with Gasteiger partial charge in [-0.3, -0.25) is 14.9 Å². The number of nitriles is 1. The van der Waals surface area contributed by atoms with Crippen molar-refractivity contribution in [1.82, 2.24) is 9.97 Å². The SMILES string of the molecule is N#C/C(=C/Nc1ccc2nc[nH]c2c1)C(=O)Nc1cc([N+](=O)[O-])ccc1Cl. The number of imidazole rings is 1. The van der Waals surface area contributed by atoms with Crippen molar-refractivity contribution in [1.29, 1.82) is 5.26 Å². The molecule has 0 aliphatic rings. The van der Waals surface area contributed by atoms with E-state index < -0.39 is 10.8 Å². The predicted molar refractivity (Wildman–Crippen MR) is 100 cm³/mol. The predicted octanol–water partition coefficient (Wildman–Crippen LogP) is 3.58. The lowest BCUT2D eigenvalue weighted by Gasteiger charge is -2.07. The van der Waals surface area contributed by atoms with Gasteiger partial charge in [0.25, 0.3) is 11.6 Å². The Hall–Kier alpha value is -3.90. The molecule has 1 amide bonds. The summed E-state index contributed by atoms with van der Waals surface area (Å²) in [6, 6.07) is 10.7. The summed E-state index contributed by atoms with van der Waals surface area (Å²) in [5, 5.41) is 25.4. The van der Waals surface area contributed by atoms with Crippen molar-refractivity contribution in [3.05, 3.63) is 69.6 Å². The molecule has 0 saturated carbocycles. The number of amides is 1. The van der Waals surface area contributed by atoms with Crippen LogP contribution in [0.25, 0.3) is 11.0 Å². The van der Waals surface area contributed by atoms with Crippen LogP contribution in [0.15, 0.2) is 54.5 Å². The minimum absolute atomic E-state index is 0.0379. The molecule has 0 fully saturated rings. The summed E-state index contributed by atoms with van der Waals surface area (Å²) in [6.07, 6.45) is 2.79. The maximum absolute atomic E-state index is 12.3. The number of nitro groups is 1. The highest BCUT2D eigenvalue weighted by Gasteiger charge is 2.15. The van der Waals surface area contributed by atoms with Crippen LogP contribution in [-0.4, -0.2) is 20.8 Å². The number of rotatable bonds is 5. The number of nitrogens with zero attached hydrogens (tertiary/aromatic N) is 3. The molecule has 1 heterocycles. The van der Waals surface area contributed by atoms with E-state index in [1.807, 2.05) is 0 Å². The first-order valence-electron chi connectivity index (χ1n) is 7.53. The Balaban J connectivity index is 1.77. The van der Waals surface area contributed by atoms with E-state index in [2.05, 4.69) is 20.6 Å². The van der Waals surface area contributed by atoms with E-state index in [0.717, 1.165) is 17.1 Å². The summed E-state index contributed by atoms with van der Waals surface area (Å²) in [6.45, 7) is 0. The fourth-order valence-electron chi connectivity index (χ4n) is 2.24. The summed E-state index contributed by atoms with van der Waals surface area (Å²) in [7, 11) is 0. The molecule has 10 heteroatoms. The zero-order valence-corrected chi connectivity index (χ0v) is 14.3. The van der Waals surface area contributed by atoms with Gasteiger partial charge in [-0.25, -0.2) is 4.98 Å². The third-order valence-electron chi connectivity index (χ3n) is 3.58. The number of nitrogens with one attached hydrogen (secondary N) is 3. The van der Waals surface area contributed by atoms with Crippen LogP contribution < -0.4 is 10.6 Å². The summed E-state index contributed by atoms with van der Waals surface area (Å²) >= 11 is 5.95. The Kier molecular flexibility index (Phi) is 5.01. The fourth-order valence-corrected chi connectivity index (χ4v) is 2.41. The number of hydrogen-bond donors (Lipinski definition) is 3. The molecule has 27 heavy (non-hydrogen) atoms. The Bertz CT molecular complexity index is 1120. The molecule has 1 aromatic heterocycles. The standard InChI is InChI=1S/C17H11ClN6O3/c18-13-3-2-12(24(26)27)6-15(13)23-17(25)10(7-19)8-20-11-1-4-14-16(5-11)22-9-21-14/h1-6,8-9,20H,(H,21,22)(H,23,25)/b10-8-. The van der Waals surface area contributed by atoms with Crippen LogP contribution >= 0.6 is 11.6 Å². The Morgan fingerprint density at radius 3 is 2.89 bits per heavy atom. The summed E-state index contributed by atoms with van der Waals surface area (Å²) in [4.78, 5) is 29.6. The fraction of sp³-hybridized carbons (Fsp3) is 0. The largest absolute Gasteiger partial charge is 0.360 e. The number of aromatic nitrogens is 2. The van der Waals surface area contributed by atoms with Crippen molar-refractivity contribution in [2.45, 2.75) is 0 Å². The Labute approximate surface area is 157 Å². The van der Waals surface area contributed by atoms with Crippen LogP contribution in [0.1, 0.15) is 0 Å². The number of halogens is 1. The molecule has 0 radical (unpaired) electrons. The van der Waals surface area contributed by atoms with Gasteiger partial charge in [-0.2, -0.15) is 5.26 Å². The Morgan fingerprint density at radius 2 is 2.15 bits per heavy atom. The summed E-state index contributed by atoms with van der Waals surface area (Å²) in [5.74, 6) is -0.755. The molecule has 0 unspecified atom stereocenters. The third kappa shape index (κ3) is 4.02. The maximum atomic E-state index is 12.3. The quantitative estimate of drug-likeness (QED) is 0.267. The third-order valence-corrected chi connectivity index (χ3v) is 3.91.